The molecule has 0 N–H and O–H groups in total. The van der Waals surface area contributed by atoms with Gasteiger partial charge in [0.25, 0.3) is 0 Å². The maximum absolute atomic E-state index is 13.6. The standard InChI is InChI=1S/C12H9BFNO.C2H6O.2C2H6/c1-7-8(2-3-16)4-10-11(14)5-9(13)6-12(10)15-7;1-3-2;2*1-2/h3-6H,2H2,1H3;1-2H3;2*1-2H3. The van der Waals surface area contributed by atoms with Crippen LogP contribution in [0.25, 0.3) is 10.9 Å². The van der Waals surface area contributed by atoms with Gasteiger partial charge in [-0.05, 0) is 30.7 Å². The van der Waals surface area contributed by atoms with Crippen molar-refractivity contribution < 1.29 is 13.9 Å². The Morgan fingerprint density at radius 2 is 1.70 bits per heavy atom. The number of rotatable bonds is 2. The first-order chi connectivity index (χ1) is 11.0. The average molecular weight is 319 g/mol. The van der Waals surface area contributed by atoms with Crippen LogP contribution in [0.1, 0.15) is 39.0 Å². The molecule has 1 aromatic heterocycles. The van der Waals surface area contributed by atoms with E-state index in [9.17, 15) is 9.18 Å². The van der Waals surface area contributed by atoms with E-state index in [1.54, 1.807) is 33.3 Å². The third-order valence-electron chi connectivity index (χ3n) is 2.50. The van der Waals surface area contributed by atoms with Gasteiger partial charge in [0.1, 0.15) is 19.9 Å². The quantitative estimate of drug-likeness (QED) is 0.628. The van der Waals surface area contributed by atoms with Crippen LogP contribution in [-0.4, -0.2) is 33.3 Å². The number of aromatic nitrogens is 1. The van der Waals surface area contributed by atoms with E-state index in [2.05, 4.69) is 9.72 Å². The third kappa shape index (κ3) is 7.89. The topological polar surface area (TPSA) is 39.2 Å². The van der Waals surface area contributed by atoms with Gasteiger partial charge in [0.2, 0.25) is 0 Å². The second-order valence-corrected chi connectivity index (χ2v) is 4.08. The molecule has 3 nitrogen and oxygen atoms in total. The molecule has 0 aliphatic carbocycles. The van der Waals surface area contributed by atoms with Gasteiger partial charge in [0.15, 0.2) is 0 Å². The first-order valence-corrected chi connectivity index (χ1v) is 7.72. The Morgan fingerprint density at radius 3 is 2.17 bits per heavy atom. The summed E-state index contributed by atoms with van der Waals surface area (Å²) in [5.74, 6) is -0.408. The minimum Gasteiger partial charge on any atom is -0.388 e. The lowest BCUT2D eigenvalue weighted by molar-refractivity contribution is -0.107. The fraction of sp³-hybridized carbons (Fsp3) is 0.444. The van der Waals surface area contributed by atoms with Crippen molar-refractivity contribution in [2.45, 2.75) is 41.0 Å². The molecule has 23 heavy (non-hydrogen) atoms. The summed E-state index contributed by atoms with van der Waals surface area (Å²) in [6.07, 6.45) is 1.03. The molecule has 126 valence electrons. The minimum absolute atomic E-state index is 0.249. The molecule has 0 atom stereocenters. The molecule has 1 aromatic carbocycles. The Labute approximate surface area is 140 Å². The fourth-order valence-corrected chi connectivity index (χ4v) is 1.69. The van der Waals surface area contributed by atoms with Crippen LogP contribution >= 0.6 is 0 Å². The Kier molecular flexibility index (Phi) is 14.2. The highest BCUT2D eigenvalue weighted by atomic mass is 19.1. The maximum atomic E-state index is 13.6. The number of hydrogen-bond acceptors (Lipinski definition) is 3. The number of halogens is 1. The number of pyridine rings is 1. The molecule has 1 heterocycles. The number of ether oxygens (including phenoxy) is 1. The summed E-state index contributed by atoms with van der Waals surface area (Å²) in [7, 11) is 8.79. The number of methoxy groups -OCH3 is 1. The Hall–Kier alpha value is -1.75. The lowest BCUT2D eigenvalue weighted by atomic mass is 9.94. The van der Waals surface area contributed by atoms with Crippen LogP contribution in [0.4, 0.5) is 4.39 Å². The average Bonchev–Trinajstić information content (AvgIpc) is 2.53. The van der Waals surface area contributed by atoms with Crippen molar-refractivity contribution in [2.24, 2.45) is 0 Å². The Bertz CT molecular complexity index is 589. The van der Waals surface area contributed by atoms with E-state index >= 15 is 0 Å². The Balaban J connectivity index is 0. The highest BCUT2D eigenvalue weighted by molar-refractivity contribution is 6.33. The fourth-order valence-electron chi connectivity index (χ4n) is 1.69. The predicted octanol–water partition coefficient (Wildman–Crippen LogP) is 3.53. The van der Waals surface area contributed by atoms with Crippen molar-refractivity contribution in [2.75, 3.05) is 14.2 Å². The van der Waals surface area contributed by atoms with Gasteiger partial charge in [-0.3, -0.25) is 4.98 Å². The molecule has 0 spiro atoms. The number of hydrogen-bond donors (Lipinski definition) is 0. The summed E-state index contributed by atoms with van der Waals surface area (Å²) in [4.78, 5) is 14.7. The molecule has 0 aliphatic heterocycles. The molecular formula is C18H27BFNO2. The van der Waals surface area contributed by atoms with E-state index in [1.165, 1.54) is 6.07 Å². The van der Waals surface area contributed by atoms with E-state index in [0.717, 1.165) is 17.5 Å². The molecule has 0 aliphatic rings. The van der Waals surface area contributed by atoms with Gasteiger partial charge in [-0.15, -0.1) is 0 Å². The molecule has 0 saturated carbocycles. The van der Waals surface area contributed by atoms with Crippen LogP contribution in [0.3, 0.4) is 0 Å². The number of nitrogens with zero attached hydrogens (tertiary/aromatic N) is 1. The molecule has 2 radical (unpaired) electrons. The van der Waals surface area contributed by atoms with Crippen LogP contribution in [0.2, 0.25) is 0 Å². The van der Waals surface area contributed by atoms with Crippen LogP contribution in [0.15, 0.2) is 18.2 Å². The number of carbonyl (C=O) groups excluding carboxylic acids is 1. The minimum atomic E-state index is -0.408. The molecule has 0 saturated heterocycles. The molecule has 0 bridgehead atoms. The van der Waals surface area contributed by atoms with Crippen LogP contribution in [-0.2, 0) is 16.0 Å². The highest BCUT2D eigenvalue weighted by Gasteiger charge is 2.07. The molecule has 0 fully saturated rings. The van der Waals surface area contributed by atoms with Crippen molar-refractivity contribution >= 4 is 30.5 Å². The number of fused-ring (bicyclic) bond motifs is 1. The zero-order valence-corrected chi connectivity index (χ0v) is 15.2. The SMILES string of the molecule is CC.CC.COC.[B]c1cc(F)c2cc(CC=O)c(C)nc2c1. The smallest absolute Gasteiger partial charge is 0.132 e. The van der Waals surface area contributed by atoms with Gasteiger partial charge in [-0.2, -0.15) is 0 Å². The summed E-state index contributed by atoms with van der Waals surface area (Å²) >= 11 is 0. The van der Waals surface area contributed by atoms with Crippen LogP contribution in [0.5, 0.6) is 0 Å². The molecular weight excluding hydrogens is 292 g/mol. The predicted molar refractivity (Wildman–Crippen MR) is 97.2 cm³/mol. The number of aldehydes is 1. The van der Waals surface area contributed by atoms with Crippen molar-refractivity contribution in [3.8, 4) is 0 Å². The monoisotopic (exact) mass is 319 g/mol. The molecule has 2 rings (SSSR count). The summed E-state index contributed by atoms with van der Waals surface area (Å²) < 4.78 is 17.8. The van der Waals surface area contributed by atoms with Crippen molar-refractivity contribution in [3.63, 3.8) is 0 Å². The molecule has 0 amide bonds. The van der Waals surface area contributed by atoms with Gasteiger partial charge in [0, 0.05) is 31.7 Å². The Morgan fingerprint density at radius 1 is 1.17 bits per heavy atom. The molecule has 0 unspecified atom stereocenters. The second kappa shape index (κ2) is 13.9. The van der Waals surface area contributed by atoms with Crippen LogP contribution < -0.4 is 5.46 Å². The van der Waals surface area contributed by atoms with Gasteiger partial charge in [-0.25, -0.2) is 4.39 Å². The first-order valence-electron chi connectivity index (χ1n) is 7.72. The molecule has 5 heteroatoms. The van der Waals surface area contributed by atoms with Crippen molar-refractivity contribution in [1.29, 1.82) is 0 Å². The number of carbonyl (C=O) groups is 1. The zero-order chi connectivity index (χ0) is 18.4. The largest absolute Gasteiger partial charge is 0.388 e. The number of benzene rings is 1. The van der Waals surface area contributed by atoms with Crippen LogP contribution in [0, 0.1) is 12.7 Å². The van der Waals surface area contributed by atoms with E-state index in [1.807, 2.05) is 27.7 Å². The first kappa shape index (κ1) is 23.5. The summed E-state index contributed by atoms with van der Waals surface area (Å²) in [6.45, 7) is 9.79. The summed E-state index contributed by atoms with van der Waals surface area (Å²) in [5.41, 5.74) is 2.33. The number of aryl methyl sites for hydroxylation is 1. The van der Waals surface area contributed by atoms with Gasteiger partial charge < -0.3 is 9.53 Å². The van der Waals surface area contributed by atoms with E-state index in [4.69, 9.17) is 7.85 Å². The van der Waals surface area contributed by atoms with Crippen molar-refractivity contribution in [1.82, 2.24) is 4.98 Å². The lowest BCUT2D eigenvalue weighted by Crippen LogP contribution is -2.05. The van der Waals surface area contributed by atoms with E-state index < -0.39 is 5.82 Å². The third-order valence-corrected chi connectivity index (χ3v) is 2.50. The zero-order valence-electron chi connectivity index (χ0n) is 15.2. The highest BCUT2D eigenvalue weighted by Crippen LogP contribution is 2.18. The van der Waals surface area contributed by atoms with Gasteiger partial charge in [0.05, 0.1) is 5.52 Å². The summed E-state index contributed by atoms with van der Waals surface area (Å²) in [5, 5.41) is 0.400. The normalized spacial score (nSPS) is 8.70. The van der Waals surface area contributed by atoms with E-state index in [-0.39, 0.29) is 6.42 Å². The van der Waals surface area contributed by atoms with Crippen molar-refractivity contribution in [3.05, 3.63) is 35.3 Å². The van der Waals surface area contributed by atoms with E-state index in [0.29, 0.717) is 16.4 Å². The molecule has 2 aromatic rings. The van der Waals surface area contributed by atoms with Gasteiger partial charge in [-0.1, -0.05) is 33.2 Å². The lowest BCUT2D eigenvalue weighted by Gasteiger charge is -2.06. The summed E-state index contributed by atoms with van der Waals surface area (Å²) in [6, 6.07) is 4.53. The maximum Gasteiger partial charge on any atom is 0.132 e. The van der Waals surface area contributed by atoms with Gasteiger partial charge >= 0.3 is 0 Å². The second-order valence-electron chi connectivity index (χ2n) is 4.08.